The predicted molar refractivity (Wildman–Crippen MR) is 125 cm³/mol. The van der Waals surface area contributed by atoms with E-state index in [9.17, 15) is 9.59 Å². The summed E-state index contributed by atoms with van der Waals surface area (Å²) in [6, 6.07) is 28.2. The number of para-hydroxylation sites is 1. The molecule has 0 radical (unpaired) electrons. The van der Waals surface area contributed by atoms with Gasteiger partial charge in [0.25, 0.3) is 0 Å². The molecular weight excluding hydrogens is 450 g/mol. The number of fused-ring (bicyclic) bond motifs is 5. The van der Waals surface area contributed by atoms with Gasteiger partial charge in [-0.25, -0.2) is 4.90 Å². The van der Waals surface area contributed by atoms with Gasteiger partial charge < -0.3 is 0 Å². The van der Waals surface area contributed by atoms with E-state index >= 15 is 0 Å². The van der Waals surface area contributed by atoms with Crippen LogP contribution >= 0.6 is 15.9 Å². The van der Waals surface area contributed by atoms with Crippen LogP contribution in [0.2, 0.25) is 0 Å². The number of benzene rings is 3. The van der Waals surface area contributed by atoms with E-state index in [1.807, 2.05) is 60.7 Å². The average molecular weight is 470 g/mol. The molecule has 0 N–H and O–H groups in total. The molecule has 0 aromatic heterocycles. The lowest BCUT2D eigenvalue weighted by Gasteiger charge is -2.27. The summed E-state index contributed by atoms with van der Waals surface area (Å²) in [5, 5.41) is 0. The Hall–Kier alpha value is -2.98. The highest BCUT2D eigenvalue weighted by molar-refractivity contribution is 9.10. The molecule has 2 aliphatic carbocycles. The zero-order chi connectivity index (χ0) is 21.1. The van der Waals surface area contributed by atoms with Gasteiger partial charge in [0.1, 0.15) is 0 Å². The first kappa shape index (κ1) is 18.8. The topological polar surface area (TPSA) is 37.4 Å². The van der Waals surface area contributed by atoms with Crippen molar-refractivity contribution in [3.8, 4) is 0 Å². The molecule has 31 heavy (non-hydrogen) atoms. The third kappa shape index (κ3) is 2.64. The molecule has 6 rings (SSSR count). The Labute approximate surface area is 189 Å². The zero-order valence-corrected chi connectivity index (χ0v) is 18.3. The number of anilines is 1. The van der Waals surface area contributed by atoms with Crippen molar-refractivity contribution in [2.24, 2.45) is 23.7 Å². The van der Waals surface area contributed by atoms with Crippen LogP contribution < -0.4 is 4.90 Å². The van der Waals surface area contributed by atoms with E-state index in [1.165, 1.54) is 16.0 Å². The van der Waals surface area contributed by atoms with E-state index in [1.54, 1.807) is 0 Å². The first-order valence-electron chi connectivity index (χ1n) is 10.6. The number of hydrogen-bond acceptors (Lipinski definition) is 2. The fourth-order valence-electron chi connectivity index (χ4n) is 5.96. The molecule has 152 valence electrons. The molecule has 2 bridgehead atoms. The number of amides is 2. The fraction of sp³-hybridized carbons (Fsp3) is 0.185. The molecule has 4 heteroatoms. The van der Waals surface area contributed by atoms with Gasteiger partial charge in [0.2, 0.25) is 11.8 Å². The van der Waals surface area contributed by atoms with Crippen molar-refractivity contribution in [1.29, 1.82) is 0 Å². The maximum absolute atomic E-state index is 13.6. The van der Waals surface area contributed by atoms with Crippen LogP contribution in [-0.2, 0) is 9.59 Å². The Balaban J connectivity index is 1.51. The Morgan fingerprint density at radius 3 is 1.58 bits per heavy atom. The Bertz CT molecular complexity index is 1160. The molecule has 0 spiro atoms. The molecule has 1 heterocycles. The van der Waals surface area contributed by atoms with Crippen molar-refractivity contribution < 1.29 is 9.59 Å². The summed E-state index contributed by atoms with van der Waals surface area (Å²) in [6.45, 7) is 0. The second-order valence-corrected chi connectivity index (χ2v) is 9.38. The van der Waals surface area contributed by atoms with E-state index in [-0.39, 0.29) is 35.5 Å². The molecule has 1 saturated heterocycles. The van der Waals surface area contributed by atoms with Crippen LogP contribution in [0.15, 0.2) is 89.4 Å². The second kappa shape index (κ2) is 7.03. The van der Waals surface area contributed by atoms with Crippen LogP contribution in [0.5, 0.6) is 0 Å². The lowest BCUT2D eigenvalue weighted by atomic mass is 9.73. The molecule has 0 unspecified atom stereocenters. The van der Waals surface area contributed by atoms with Crippen LogP contribution in [0.1, 0.15) is 17.5 Å². The number of carbonyl (C=O) groups excluding carboxylic acids is 2. The minimum Gasteiger partial charge on any atom is -0.274 e. The number of imide groups is 1. The maximum Gasteiger partial charge on any atom is 0.238 e. The summed E-state index contributed by atoms with van der Waals surface area (Å²) >= 11 is 3.53. The summed E-state index contributed by atoms with van der Waals surface area (Å²) in [4.78, 5) is 28.7. The van der Waals surface area contributed by atoms with Crippen molar-refractivity contribution in [1.82, 2.24) is 0 Å². The number of hydrogen-bond donors (Lipinski definition) is 0. The minimum atomic E-state index is -0.285. The Morgan fingerprint density at radius 1 is 0.645 bits per heavy atom. The molecule has 3 nitrogen and oxygen atoms in total. The fourth-order valence-corrected chi connectivity index (χ4v) is 6.43. The first-order chi connectivity index (χ1) is 15.2. The van der Waals surface area contributed by atoms with E-state index < -0.39 is 0 Å². The van der Waals surface area contributed by atoms with E-state index in [0.29, 0.717) is 5.69 Å². The molecule has 2 fully saturated rings. The Morgan fingerprint density at radius 2 is 1.10 bits per heavy atom. The molecule has 1 aliphatic heterocycles. The van der Waals surface area contributed by atoms with Gasteiger partial charge in [0, 0.05) is 4.47 Å². The second-order valence-electron chi connectivity index (χ2n) is 8.52. The SMILES string of the molecule is O=C1[C@@H]2[C@H](C(=O)N1c1ccccc1Br)[C@H]1C[C@H]2C(c2ccccc2)=C1c1ccccc1. The van der Waals surface area contributed by atoms with Crippen molar-refractivity contribution in [2.45, 2.75) is 6.42 Å². The van der Waals surface area contributed by atoms with Crippen molar-refractivity contribution in [2.75, 3.05) is 4.90 Å². The normalized spacial score (nSPS) is 26.7. The largest absolute Gasteiger partial charge is 0.274 e. The van der Waals surface area contributed by atoms with Gasteiger partial charge >= 0.3 is 0 Å². The summed E-state index contributed by atoms with van der Waals surface area (Å²) in [5.74, 6) is -0.558. The van der Waals surface area contributed by atoms with Crippen molar-refractivity contribution >= 4 is 44.6 Å². The van der Waals surface area contributed by atoms with E-state index in [2.05, 4.69) is 40.2 Å². The summed E-state index contributed by atoms with van der Waals surface area (Å²) in [5.41, 5.74) is 5.45. The quantitative estimate of drug-likeness (QED) is 0.453. The highest BCUT2D eigenvalue weighted by Gasteiger charge is 2.64. The molecule has 1 saturated carbocycles. The minimum absolute atomic E-state index is 0.0602. The molecule has 3 aromatic carbocycles. The van der Waals surface area contributed by atoms with Gasteiger partial charge in [-0.1, -0.05) is 72.8 Å². The number of nitrogens with zero attached hydrogens (tertiary/aromatic N) is 1. The summed E-state index contributed by atoms with van der Waals surface area (Å²) in [6.07, 6.45) is 0.866. The van der Waals surface area contributed by atoms with Crippen LogP contribution in [0, 0.1) is 23.7 Å². The lowest BCUT2D eigenvalue weighted by molar-refractivity contribution is -0.123. The van der Waals surface area contributed by atoms with E-state index in [4.69, 9.17) is 0 Å². The molecule has 3 aliphatic rings. The van der Waals surface area contributed by atoms with Gasteiger partial charge in [-0.15, -0.1) is 0 Å². The standard InChI is InChI=1S/C27H20BrNO2/c28-20-13-7-8-14-21(20)29-26(30)24-18-15-19(25(24)27(29)31)23(17-11-5-2-6-12-17)22(18)16-9-3-1-4-10-16/h1-14,18-19,24-25H,15H2/t18-,19-,24-,25+/m0/s1. The van der Waals surface area contributed by atoms with Crippen LogP contribution in [0.25, 0.3) is 11.1 Å². The van der Waals surface area contributed by atoms with Gasteiger partial charge in [-0.2, -0.15) is 0 Å². The highest BCUT2D eigenvalue weighted by Crippen LogP contribution is 2.64. The molecule has 2 amide bonds. The maximum atomic E-state index is 13.6. The van der Waals surface area contributed by atoms with E-state index in [0.717, 1.165) is 22.0 Å². The third-order valence-electron chi connectivity index (χ3n) is 7.07. The summed E-state index contributed by atoms with van der Waals surface area (Å²) < 4.78 is 0.767. The molecular formula is C27H20BrNO2. The van der Waals surface area contributed by atoms with Gasteiger partial charge in [-0.3, -0.25) is 9.59 Å². The number of allylic oxidation sites excluding steroid dienone is 2. The van der Waals surface area contributed by atoms with Gasteiger partial charge in [-0.05, 0) is 68.6 Å². The number of carbonyl (C=O) groups is 2. The van der Waals surface area contributed by atoms with Crippen LogP contribution in [0.3, 0.4) is 0 Å². The Kier molecular flexibility index (Phi) is 4.25. The monoisotopic (exact) mass is 469 g/mol. The van der Waals surface area contributed by atoms with Crippen molar-refractivity contribution in [3.63, 3.8) is 0 Å². The number of rotatable bonds is 3. The van der Waals surface area contributed by atoms with Gasteiger partial charge in [0.05, 0.1) is 17.5 Å². The number of halogens is 1. The molecule has 3 aromatic rings. The summed E-state index contributed by atoms with van der Waals surface area (Å²) in [7, 11) is 0. The zero-order valence-electron chi connectivity index (χ0n) is 16.7. The first-order valence-corrected chi connectivity index (χ1v) is 11.4. The van der Waals surface area contributed by atoms with Crippen LogP contribution in [0.4, 0.5) is 5.69 Å². The lowest BCUT2D eigenvalue weighted by Crippen LogP contribution is -2.33. The average Bonchev–Trinajstić information content (AvgIpc) is 3.45. The molecule has 4 atom stereocenters. The smallest absolute Gasteiger partial charge is 0.238 e. The third-order valence-corrected chi connectivity index (χ3v) is 7.74. The highest BCUT2D eigenvalue weighted by atomic mass is 79.9. The predicted octanol–water partition coefficient (Wildman–Crippen LogP) is 5.82. The van der Waals surface area contributed by atoms with Gasteiger partial charge in [0.15, 0.2) is 0 Å². The van der Waals surface area contributed by atoms with Crippen LogP contribution in [-0.4, -0.2) is 11.8 Å². The van der Waals surface area contributed by atoms with Crippen molar-refractivity contribution in [3.05, 3.63) is 101 Å².